The monoisotopic (exact) mass is 260 g/mol. The van der Waals surface area contributed by atoms with Gasteiger partial charge in [-0.1, -0.05) is 24.5 Å². The van der Waals surface area contributed by atoms with E-state index in [2.05, 4.69) is 6.92 Å². The van der Waals surface area contributed by atoms with Gasteiger partial charge in [0.15, 0.2) is 0 Å². The molecule has 2 saturated carbocycles. The zero-order valence-electron chi connectivity index (χ0n) is 12.3. The van der Waals surface area contributed by atoms with Crippen molar-refractivity contribution >= 4 is 0 Å². The van der Waals surface area contributed by atoms with Gasteiger partial charge in [-0.15, -0.1) is 0 Å². The van der Waals surface area contributed by atoms with Crippen molar-refractivity contribution in [2.45, 2.75) is 77.2 Å². The molecule has 0 amide bonds. The highest BCUT2D eigenvalue weighted by molar-refractivity contribution is 5.26. The summed E-state index contributed by atoms with van der Waals surface area (Å²) in [7, 11) is 0. The standard InChI is InChI=1S/C18H28O/c1-18-9-2-3-17(18)16-6-4-12-11-13(19)5-7-14(12)15(16)8-10-18/h13,15-17,19H,2-11H2,1H3/t13?,15?,16?,17?,18-/m0/s1. The van der Waals surface area contributed by atoms with Crippen molar-refractivity contribution in [3.8, 4) is 0 Å². The van der Waals surface area contributed by atoms with Crippen LogP contribution in [0.25, 0.3) is 0 Å². The molecule has 1 nitrogen and oxygen atoms in total. The second kappa shape index (κ2) is 4.35. The number of hydrogen-bond donors (Lipinski definition) is 1. The molecular formula is C18H28O. The Morgan fingerprint density at radius 1 is 1.05 bits per heavy atom. The molecule has 2 fully saturated rings. The molecule has 0 saturated heterocycles. The van der Waals surface area contributed by atoms with E-state index in [-0.39, 0.29) is 6.10 Å². The van der Waals surface area contributed by atoms with Gasteiger partial charge >= 0.3 is 0 Å². The van der Waals surface area contributed by atoms with Crippen molar-refractivity contribution in [1.29, 1.82) is 0 Å². The van der Waals surface area contributed by atoms with Crippen LogP contribution >= 0.6 is 0 Å². The van der Waals surface area contributed by atoms with Gasteiger partial charge in [0.2, 0.25) is 0 Å². The first kappa shape index (κ1) is 12.4. The predicted octanol–water partition coefficient (Wildman–Crippen LogP) is 4.45. The maximum absolute atomic E-state index is 9.90. The van der Waals surface area contributed by atoms with E-state index in [0.717, 1.165) is 30.6 Å². The van der Waals surface area contributed by atoms with Gasteiger partial charge in [-0.05, 0) is 81.0 Å². The Balaban J connectivity index is 1.64. The third-order valence-corrected chi connectivity index (χ3v) is 7.13. The SMILES string of the molecule is C[C@@]12CCCC1C1CCC3=C(CCC(O)C3)C1CC2. The lowest BCUT2D eigenvalue weighted by atomic mass is 9.54. The number of aliphatic hydroxyl groups is 1. The summed E-state index contributed by atoms with van der Waals surface area (Å²) >= 11 is 0. The summed E-state index contributed by atoms with van der Waals surface area (Å²) in [6.07, 6.45) is 13.3. The van der Waals surface area contributed by atoms with Gasteiger partial charge in [-0.3, -0.25) is 0 Å². The molecule has 4 unspecified atom stereocenters. The third-order valence-electron chi connectivity index (χ3n) is 7.13. The predicted molar refractivity (Wildman–Crippen MR) is 77.8 cm³/mol. The fraction of sp³-hybridized carbons (Fsp3) is 0.889. The zero-order valence-corrected chi connectivity index (χ0v) is 12.3. The number of fused-ring (bicyclic) bond motifs is 4. The summed E-state index contributed by atoms with van der Waals surface area (Å²) in [6, 6.07) is 0. The van der Waals surface area contributed by atoms with E-state index in [9.17, 15) is 5.11 Å². The molecule has 4 aliphatic carbocycles. The van der Waals surface area contributed by atoms with Crippen molar-refractivity contribution < 1.29 is 5.11 Å². The van der Waals surface area contributed by atoms with Crippen molar-refractivity contribution in [3.05, 3.63) is 11.1 Å². The van der Waals surface area contributed by atoms with Crippen LogP contribution in [0.5, 0.6) is 0 Å². The molecule has 0 aliphatic heterocycles. The van der Waals surface area contributed by atoms with Gasteiger partial charge in [0.1, 0.15) is 0 Å². The van der Waals surface area contributed by atoms with Crippen LogP contribution in [0.3, 0.4) is 0 Å². The highest BCUT2D eigenvalue weighted by atomic mass is 16.3. The normalized spacial score (nSPS) is 49.6. The lowest BCUT2D eigenvalue weighted by Gasteiger charge is -2.51. The summed E-state index contributed by atoms with van der Waals surface area (Å²) in [5.74, 6) is 2.93. The van der Waals surface area contributed by atoms with Gasteiger partial charge in [0, 0.05) is 0 Å². The van der Waals surface area contributed by atoms with Crippen molar-refractivity contribution in [2.24, 2.45) is 23.2 Å². The van der Waals surface area contributed by atoms with Gasteiger partial charge in [-0.2, -0.15) is 0 Å². The molecule has 0 aromatic rings. The van der Waals surface area contributed by atoms with Gasteiger partial charge < -0.3 is 5.11 Å². The average Bonchev–Trinajstić information content (AvgIpc) is 2.79. The first-order chi connectivity index (χ1) is 9.17. The number of rotatable bonds is 0. The third kappa shape index (κ3) is 1.84. The van der Waals surface area contributed by atoms with Gasteiger partial charge in [-0.25, -0.2) is 0 Å². The molecule has 0 radical (unpaired) electrons. The number of aliphatic hydroxyl groups excluding tert-OH is 1. The van der Waals surface area contributed by atoms with E-state index < -0.39 is 0 Å². The summed E-state index contributed by atoms with van der Waals surface area (Å²) in [5.41, 5.74) is 4.17. The topological polar surface area (TPSA) is 20.2 Å². The lowest BCUT2D eigenvalue weighted by Crippen LogP contribution is -2.41. The van der Waals surface area contributed by atoms with Crippen LogP contribution in [0.1, 0.15) is 71.1 Å². The molecule has 19 heavy (non-hydrogen) atoms. The van der Waals surface area contributed by atoms with Crippen LogP contribution in [0.2, 0.25) is 0 Å². The average molecular weight is 260 g/mol. The first-order valence-corrected chi connectivity index (χ1v) is 8.56. The minimum Gasteiger partial charge on any atom is -0.393 e. The minimum absolute atomic E-state index is 0.0318. The number of hydrogen-bond acceptors (Lipinski definition) is 1. The second-order valence-electron chi connectivity index (χ2n) is 8.03. The summed E-state index contributed by atoms with van der Waals surface area (Å²) < 4.78 is 0. The Bertz CT molecular complexity index is 410. The lowest BCUT2D eigenvalue weighted by molar-refractivity contribution is 0.0369. The molecule has 0 bridgehead atoms. The highest BCUT2D eigenvalue weighted by Crippen LogP contribution is 2.61. The van der Waals surface area contributed by atoms with Crippen LogP contribution < -0.4 is 0 Å². The fourth-order valence-corrected chi connectivity index (χ4v) is 6.18. The largest absolute Gasteiger partial charge is 0.393 e. The Morgan fingerprint density at radius 2 is 1.95 bits per heavy atom. The molecule has 5 atom stereocenters. The quantitative estimate of drug-likeness (QED) is 0.638. The molecule has 1 heteroatoms. The molecule has 0 aromatic carbocycles. The van der Waals surface area contributed by atoms with Crippen LogP contribution in [-0.4, -0.2) is 11.2 Å². The summed E-state index contributed by atoms with van der Waals surface area (Å²) in [5, 5.41) is 9.90. The van der Waals surface area contributed by atoms with E-state index in [4.69, 9.17) is 0 Å². The molecule has 1 N–H and O–H groups in total. The minimum atomic E-state index is -0.0318. The van der Waals surface area contributed by atoms with Crippen molar-refractivity contribution in [2.75, 3.05) is 0 Å². The van der Waals surface area contributed by atoms with Crippen LogP contribution in [0.4, 0.5) is 0 Å². The Labute approximate surface area is 117 Å². The van der Waals surface area contributed by atoms with Gasteiger partial charge in [0.05, 0.1) is 6.10 Å². The van der Waals surface area contributed by atoms with Gasteiger partial charge in [0.25, 0.3) is 0 Å². The van der Waals surface area contributed by atoms with E-state index in [1.165, 1.54) is 51.4 Å². The summed E-state index contributed by atoms with van der Waals surface area (Å²) in [4.78, 5) is 0. The first-order valence-electron chi connectivity index (χ1n) is 8.56. The van der Waals surface area contributed by atoms with Crippen molar-refractivity contribution in [3.63, 3.8) is 0 Å². The molecule has 106 valence electrons. The van der Waals surface area contributed by atoms with E-state index >= 15 is 0 Å². The molecule has 0 aromatic heterocycles. The van der Waals surface area contributed by atoms with E-state index in [1.807, 2.05) is 5.57 Å². The fourth-order valence-electron chi connectivity index (χ4n) is 6.18. The molecule has 0 heterocycles. The maximum atomic E-state index is 9.90. The summed E-state index contributed by atoms with van der Waals surface area (Å²) in [6.45, 7) is 2.58. The number of allylic oxidation sites excluding steroid dienone is 1. The Morgan fingerprint density at radius 3 is 2.84 bits per heavy atom. The van der Waals surface area contributed by atoms with E-state index in [1.54, 1.807) is 5.57 Å². The molecule has 0 spiro atoms. The maximum Gasteiger partial charge on any atom is 0.0580 e. The van der Waals surface area contributed by atoms with Crippen molar-refractivity contribution in [1.82, 2.24) is 0 Å². The molecule has 4 aliphatic rings. The molecular weight excluding hydrogens is 232 g/mol. The highest BCUT2D eigenvalue weighted by Gasteiger charge is 2.50. The zero-order chi connectivity index (χ0) is 13.0. The Kier molecular flexibility index (Phi) is 2.85. The van der Waals surface area contributed by atoms with Crippen LogP contribution in [0.15, 0.2) is 11.1 Å². The van der Waals surface area contributed by atoms with E-state index in [0.29, 0.717) is 5.41 Å². The van der Waals surface area contributed by atoms with Crippen LogP contribution in [-0.2, 0) is 0 Å². The second-order valence-corrected chi connectivity index (χ2v) is 8.03. The Hall–Kier alpha value is -0.300. The molecule has 4 rings (SSSR count). The smallest absolute Gasteiger partial charge is 0.0580 e. The van der Waals surface area contributed by atoms with Crippen LogP contribution in [0, 0.1) is 23.2 Å².